The monoisotopic (exact) mass is 493 g/mol. The van der Waals surface area contributed by atoms with Gasteiger partial charge in [-0.2, -0.15) is 13.2 Å². The van der Waals surface area contributed by atoms with Crippen LogP contribution in [0.3, 0.4) is 0 Å². The number of carboxylic acid groups (broad SMARTS) is 1. The van der Waals surface area contributed by atoms with Gasteiger partial charge in [-0.15, -0.1) is 11.3 Å². The lowest BCUT2D eigenvalue weighted by Crippen LogP contribution is -2.44. The summed E-state index contributed by atoms with van der Waals surface area (Å²) in [5.74, 6) is -1.19. The number of aromatic nitrogens is 4. The first-order valence-electron chi connectivity index (χ1n) is 10.4. The maximum absolute atomic E-state index is 12.9. The number of nitrogens with zero attached hydrogens (tertiary/aromatic N) is 4. The first kappa shape index (κ1) is 24.0. The maximum atomic E-state index is 12.9. The molecule has 4 rings (SSSR count). The van der Waals surface area contributed by atoms with Crippen LogP contribution < -0.4 is 5.32 Å². The standard InChI is InChI=1S/C22H22F3N5O3S/c1-20(2)10-21(33,7-6-12(20)18(31)32)19-26-9-14(34-19)13-4-3-5-16(29-13)30-17-8-15(22(23,24)25)27-11-28-17/h3-5,8-9,11-12,33H,6-7,10H2,1-2H3,(H,31,32)(H,27,28,29,30)/t12-,21+/m0/s1. The smallest absolute Gasteiger partial charge is 0.433 e. The minimum absolute atomic E-state index is 0.0521. The van der Waals surface area contributed by atoms with Gasteiger partial charge in [0.05, 0.1) is 16.5 Å². The summed E-state index contributed by atoms with van der Waals surface area (Å²) in [6, 6.07) is 5.79. The molecule has 2 atom stereocenters. The normalized spacial score (nSPS) is 22.4. The lowest BCUT2D eigenvalue weighted by Gasteiger charge is -2.44. The van der Waals surface area contributed by atoms with Crippen LogP contribution in [0.15, 0.2) is 36.8 Å². The molecular formula is C22H22F3N5O3S. The number of aliphatic hydroxyl groups is 1. The molecule has 0 aliphatic heterocycles. The third-order valence-corrected chi connectivity index (χ3v) is 7.17. The number of carboxylic acids is 1. The molecule has 0 aromatic carbocycles. The molecule has 0 unspecified atom stereocenters. The number of thiazole rings is 1. The molecular weight excluding hydrogens is 471 g/mol. The number of hydrogen-bond donors (Lipinski definition) is 3. The van der Waals surface area contributed by atoms with E-state index < -0.39 is 34.8 Å². The van der Waals surface area contributed by atoms with Crippen molar-refractivity contribution < 1.29 is 28.2 Å². The summed E-state index contributed by atoms with van der Waals surface area (Å²) < 4.78 is 38.7. The maximum Gasteiger partial charge on any atom is 0.433 e. The fraction of sp³-hybridized carbons (Fsp3) is 0.409. The topological polar surface area (TPSA) is 121 Å². The molecule has 34 heavy (non-hydrogen) atoms. The van der Waals surface area contributed by atoms with E-state index in [1.54, 1.807) is 24.4 Å². The largest absolute Gasteiger partial charge is 0.481 e. The molecule has 180 valence electrons. The van der Waals surface area contributed by atoms with E-state index in [1.807, 2.05) is 13.8 Å². The molecule has 3 aromatic rings. The third-order valence-electron chi connectivity index (χ3n) is 5.96. The summed E-state index contributed by atoms with van der Waals surface area (Å²) >= 11 is 1.25. The van der Waals surface area contributed by atoms with Crippen LogP contribution in [0.4, 0.5) is 24.8 Å². The van der Waals surface area contributed by atoms with Crippen molar-refractivity contribution in [3.05, 3.63) is 47.5 Å². The first-order valence-corrected chi connectivity index (χ1v) is 11.2. The summed E-state index contributed by atoms with van der Waals surface area (Å²) in [5, 5.41) is 24.0. The molecule has 8 nitrogen and oxygen atoms in total. The molecule has 0 bridgehead atoms. The van der Waals surface area contributed by atoms with E-state index in [-0.39, 0.29) is 24.5 Å². The van der Waals surface area contributed by atoms with Crippen LogP contribution in [-0.4, -0.2) is 36.1 Å². The van der Waals surface area contributed by atoms with E-state index in [1.165, 1.54) is 11.3 Å². The van der Waals surface area contributed by atoms with Crippen molar-refractivity contribution >= 4 is 28.9 Å². The van der Waals surface area contributed by atoms with Gasteiger partial charge in [0.1, 0.15) is 34.3 Å². The highest BCUT2D eigenvalue weighted by Gasteiger charge is 2.49. The second-order valence-electron chi connectivity index (χ2n) is 8.98. The number of rotatable bonds is 5. The molecule has 1 aliphatic rings. The number of aliphatic carboxylic acids is 1. The Labute approximate surface area is 197 Å². The number of anilines is 2. The van der Waals surface area contributed by atoms with Gasteiger partial charge in [-0.25, -0.2) is 19.9 Å². The number of pyridine rings is 1. The van der Waals surface area contributed by atoms with Crippen molar-refractivity contribution in [3.63, 3.8) is 0 Å². The van der Waals surface area contributed by atoms with Crippen molar-refractivity contribution in [2.75, 3.05) is 5.32 Å². The molecule has 3 N–H and O–H groups in total. The highest BCUT2D eigenvalue weighted by atomic mass is 32.1. The average molecular weight is 494 g/mol. The molecule has 3 heterocycles. The van der Waals surface area contributed by atoms with Crippen LogP contribution in [0.2, 0.25) is 0 Å². The summed E-state index contributed by atoms with van der Waals surface area (Å²) in [4.78, 5) is 28.1. The zero-order valence-electron chi connectivity index (χ0n) is 18.3. The number of carbonyl (C=O) groups is 1. The quantitative estimate of drug-likeness (QED) is 0.461. The van der Waals surface area contributed by atoms with Crippen LogP contribution in [-0.2, 0) is 16.6 Å². The third kappa shape index (κ3) is 4.87. The van der Waals surface area contributed by atoms with E-state index >= 15 is 0 Å². The minimum Gasteiger partial charge on any atom is -0.481 e. The van der Waals surface area contributed by atoms with Crippen molar-refractivity contribution in [2.24, 2.45) is 11.3 Å². The van der Waals surface area contributed by atoms with Gasteiger partial charge in [0, 0.05) is 12.3 Å². The Balaban J connectivity index is 1.55. The SMILES string of the molecule is CC1(C)C[C@@](O)(c2ncc(-c3cccc(Nc4cc(C(F)(F)F)ncn4)n3)s2)CC[C@H]1C(=O)O. The molecule has 1 fully saturated rings. The molecule has 12 heteroatoms. The fourth-order valence-corrected chi connectivity index (χ4v) is 5.34. The first-order chi connectivity index (χ1) is 15.9. The van der Waals surface area contributed by atoms with Crippen LogP contribution >= 0.6 is 11.3 Å². The molecule has 0 saturated heterocycles. The summed E-state index contributed by atoms with van der Waals surface area (Å²) in [7, 11) is 0. The second-order valence-corrected chi connectivity index (χ2v) is 10.0. The number of nitrogens with one attached hydrogen (secondary N) is 1. The molecule has 1 aliphatic carbocycles. The Kier molecular flexibility index (Phi) is 6.06. The van der Waals surface area contributed by atoms with Gasteiger partial charge < -0.3 is 15.5 Å². The summed E-state index contributed by atoms with van der Waals surface area (Å²) in [6.45, 7) is 3.66. The van der Waals surface area contributed by atoms with E-state index in [4.69, 9.17) is 0 Å². The van der Waals surface area contributed by atoms with Gasteiger partial charge in [0.2, 0.25) is 0 Å². The average Bonchev–Trinajstić information content (AvgIpc) is 3.24. The Bertz CT molecular complexity index is 1220. The van der Waals surface area contributed by atoms with E-state index in [2.05, 4.69) is 25.3 Å². The predicted octanol–water partition coefficient (Wildman–Crippen LogP) is 4.86. The molecule has 1 saturated carbocycles. The minimum atomic E-state index is -4.59. The second kappa shape index (κ2) is 8.58. The highest BCUT2D eigenvalue weighted by Crippen LogP contribution is 2.50. The van der Waals surface area contributed by atoms with Gasteiger partial charge in [-0.05, 0) is 36.8 Å². The van der Waals surface area contributed by atoms with Gasteiger partial charge in [0.25, 0.3) is 0 Å². The van der Waals surface area contributed by atoms with Crippen LogP contribution in [0.5, 0.6) is 0 Å². The van der Waals surface area contributed by atoms with Gasteiger partial charge in [-0.3, -0.25) is 4.79 Å². The molecule has 3 aromatic heterocycles. The Hall–Kier alpha value is -3.12. The summed E-state index contributed by atoms with van der Waals surface area (Å²) in [6.07, 6.45) is -1.31. The van der Waals surface area contributed by atoms with Gasteiger partial charge in [-0.1, -0.05) is 19.9 Å². The zero-order chi connectivity index (χ0) is 24.7. The van der Waals surface area contributed by atoms with Crippen molar-refractivity contribution in [1.29, 1.82) is 0 Å². The van der Waals surface area contributed by atoms with Gasteiger partial charge in [0.15, 0.2) is 0 Å². The van der Waals surface area contributed by atoms with Gasteiger partial charge >= 0.3 is 12.1 Å². The van der Waals surface area contributed by atoms with E-state index in [9.17, 15) is 28.2 Å². The molecule has 0 radical (unpaired) electrons. The lowest BCUT2D eigenvalue weighted by molar-refractivity contribution is -0.154. The number of alkyl halides is 3. The van der Waals surface area contributed by atoms with E-state index in [0.29, 0.717) is 22.0 Å². The fourth-order valence-electron chi connectivity index (χ4n) is 4.34. The van der Waals surface area contributed by atoms with E-state index in [0.717, 1.165) is 12.4 Å². The van der Waals surface area contributed by atoms with Crippen LogP contribution in [0.1, 0.15) is 43.8 Å². The molecule has 0 spiro atoms. The molecule has 0 amide bonds. The summed E-state index contributed by atoms with van der Waals surface area (Å²) in [5.41, 5.74) is -2.41. The number of halogens is 3. The van der Waals surface area contributed by atoms with Crippen molar-refractivity contribution in [3.8, 4) is 10.6 Å². The predicted molar refractivity (Wildman–Crippen MR) is 118 cm³/mol. The zero-order valence-corrected chi connectivity index (χ0v) is 19.1. The lowest BCUT2D eigenvalue weighted by atomic mass is 9.63. The van der Waals surface area contributed by atoms with Crippen molar-refractivity contribution in [1.82, 2.24) is 19.9 Å². The number of hydrogen-bond acceptors (Lipinski definition) is 8. The Morgan fingerprint density at radius 3 is 2.65 bits per heavy atom. The highest BCUT2D eigenvalue weighted by molar-refractivity contribution is 7.15. The Morgan fingerprint density at radius 2 is 1.97 bits per heavy atom. The van der Waals surface area contributed by atoms with Crippen molar-refractivity contribution in [2.45, 2.75) is 44.9 Å². The van der Waals surface area contributed by atoms with Crippen LogP contribution in [0, 0.1) is 11.3 Å². The van der Waals surface area contributed by atoms with Crippen LogP contribution in [0.25, 0.3) is 10.6 Å². The Morgan fingerprint density at radius 1 is 1.21 bits per heavy atom.